The molecular weight excluding hydrogens is 256 g/mol. The Morgan fingerprint density at radius 1 is 1.20 bits per heavy atom. The molecule has 3 unspecified atom stereocenters. The normalized spacial score (nSPS) is 28.2. The molecule has 106 valence electrons. The third-order valence-corrected chi connectivity index (χ3v) is 4.43. The maximum Gasteiger partial charge on any atom is 0.326 e. The molecule has 2 N–H and O–H groups in total. The van der Waals surface area contributed by atoms with Gasteiger partial charge in [-0.3, -0.25) is 0 Å². The van der Waals surface area contributed by atoms with Crippen molar-refractivity contribution in [3.8, 4) is 0 Å². The molecule has 0 bridgehead atoms. The van der Waals surface area contributed by atoms with Gasteiger partial charge in [0, 0.05) is 12.2 Å². The highest BCUT2D eigenvalue weighted by molar-refractivity contribution is 5.92. The SMILES string of the molecule is O=C(O)C1C2CCCC2CN1C(=O)Nc1ccccc1. The number of para-hydroxylation sites is 1. The number of carboxylic acids is 1. The van der Waals surface area contributed by atoms with Gasteiger partial charge in [-0.1, -0.05) is 24.6 Å². The van der Waals surface area contributed by atoms with Crippen LogP contribution >= 0.6 is 0 Å². The van der Waals surface area contributed by atoms with E-state index in [1.807, 2.05) is 18.2 Å². The molecule has 0 aromatic heterocycles. The van der Waals surface area contributed by atoms with Crippen LogP contribution in [0, 0.1) is 11.8 Å². The summed E-state index contributed by atoms with van der Waals surface area (Å²) in [5, 5.41) is 12.2. The maximum atomic E-state index is 12.3. The average molecular weight is 274 g/mol. The monoisotopic (exact) mass is 274 g/mol. The van der Waals surface area contributed by atoms with Crippen molar-refractivity contribution in [3.05, 3.63) is 30.3 Å². The van der Waals surface area contributed by atoms with Crippen molar-refractivity contribution in [3.63, 3.8) is 0 Å². The Kier molecular flexibility index (Phi) is 3.34. The first-order valence-corrected chi connectivity index (χ1v) is 7.02. The number of carbonyl (C=O) groups is 2. The third-order valence-electron chi connectivity index (χ3n) is 4.43. The fraction of sp³-hybridized carbons (Fsp3) is 0.467. The standard InChI is InChI=1S/C15H18N2O3/c18-14(19)13-12-8-4-5-10(12)9-17(13)15(20)16-11-6-2-1-3-7-11/h1-3,6-7,10,12-13H,4-5,8-9H2,(H,16,20)(H,18,19). The lowest BCUT2D eigenvalue weighted by Crippen LogP contribution is -2.45. The number of aliphatic carboxylic acids is 1. The van der Waals surface area contributed by atoms with E-state index >= 15 is 0 Å². The van der Waals surface area contributed by atoms with Crippen LogP contribution in [0.3, 0.4) is 0 Å². The lowest BCUT2D eigenvalue weighted by molar-refractivity contribution is -0.142. The minimum absolute atomic E-state index is 0.119. The van der Waals surface area contributed by atoms with Gasteiger partial charge in [-0.2, -0.15) is 0 Å². The molecular formula is C15H18N2O3. The van der Waals surface area contributed by atoms with Crippen molar-refractivity contribution in [2.75, 3.05) is 11.9 Å². The largest absolute Gasteiger partial charge is 0.480 e. The van der Waals surface area contributed by atoms with Gasteiger partial charge in [0.2, 0.25) is 0 Å². The molecule has 1 aromatic rings. The number of carbonyl (C=O) groups excluding carboxylic acids is 1. The second-order valence-corrected chi connectivity index (χ2v) is 5.59. The molecule has 0 radical (unpaired) electrons. The fourth-order valence-electron chi connectivity index (χ4n) is 3.55. The molecule has 1 aliphatic heterocycles. The predicted octanol–water partition coefficient (Wildman–Crippen LogP) is 2.40. The maximum absolute atomic E-state index is 12.3. The summed E-state index contributed by atoms with van der Waals surface area (Å²) in [5.74, 6) is -0.422. The van der Waals surface area contributed by atoms with Crippen LogP contribution in [0.1, 0.15) is 19.3 Å². The molecule has 5 heteroatoms. The van der Waals surface area contributed by atoms with Crippen molar-refractivity contribution in [2.24, 2.45) is 11.8 Å². The topological polar surface area (TPSA) is 69.6 Å². The van der Waals surface area contributed by atoms with E-state index in [9.17, 15) is 14.7 Å². The number of amides is 2. The van der Waals surface area contributed by atoms with E-state index in [4.69, 9.17) is 0 Å². The average Bonchev–Trinajstić information content (AvgIpc) is 2.98. The predicted molar refractivity (Wildman–Crippen MR) is 74.4 cm³/mol. The molecule has 5 nitrogen and oxygen atoms in total. The number of hydrogen-bond donors (Lipinski definition) is 2. The Labute approximate surface area is 117 Å². The number of carboxylic acid groups (broad SMARTS) is 1. The summed E-state index contributed by atoms with van der Waals surface area (Å²) < 4.78 is 0. The van der Waals surface area contributed by atoms with E-state index in [1.165, 1.54) is 4.90 Å². The van der Waals surface area contributed by atoms with E-state index in [-0.39, 0.29) is 11.9 Å². The molecule has 1 saturated carbocycles. The summed E-state index contributed by atoms with van der Waals surface area (Å²) in [6.45, 7) is 0.556. The minimum atomic E-state index is -0.886. The van der Waals surface area contributed by atoms with E-state index in [2.05, 4.69) is 5.32 Å². The zero-order valence-electron chi connectivity index (χ0n) is 11.2. The molecule has 1 heterocycles. The van der Waals surface area contributed by atoms with Crippen LogP contribution in [-0.4, -0.2) is 34.6 Å². The summed E-state index contributed by atoms with van der Waals surface area (Å²) >= 11 is 0. The van der Waals surface area contributed by atoms with Gasteiger partial charge in [-0.15, -0.1) is 0 Å². The Bertz CT molecular complexity index is 517. The highest BCUT2D eigenvalue weighted by Crippen LogP contribution is 2.42. The van der Waals surface area contributed by atoms with Crippen LogP contribution in [0.15, 0.2) is 30.3 Å². The molecule has 2 aliphatic rings. The molecule has 3 rings (SSSR count). The summed E-state index contributed by atoms with van der Waals surface area (Å²) in [7, 11) is 0. The van der Waals surface area contributed by atoms with E-state index in [0.717, 1.165) is 19.3 Å². The first-order valence-electron chi connectivity index (χ1n) is 7.02. The number of urea groups is 1. The van der Waals surface area contributed by atoms with Crippen molar-refractivity contribution in [1.29, 1.82) is 0 Å². The van der Waals surface area contributed by atoms with Gasteiger partial charge in [-0.05, 0) is 36.8 Å². The van der Waals surface area contributed by atoms with E-state index < -0.39 is 12.0 Å². The fourth-order valence-corrected chi connectivity index (χ4v) is 3.55. The van der Waals surface area contributed by atoms with Gasteiger partial charge < -0.3 is 15.3 Å². The van der Waals surface area contributed by atoms with Crippen LogP contribution in [-0.2, 0) is 4.79 Å². The van der Waals surface area contributed by atoms with Crippen molar-refractivity contribution >= 4 is 17.7 Å². The van der Waals surface area contributed by atoms with Crippen LogP contribution in [0.4, 0.5) is 10.5 Å². The molecule has 1 aliphatic carbocycles. The van der Waals surface area contributed by atoms with Gasteiger partial charge in [0.05, 0.1) is 0 Å². The van der Waals surface area contributed by atoms with Gasteiger partial charge >= 0.3 is 12.0 Å². The second kappa shape index (κ2) is 5.15. The molecule has 2 fully saturated rings. The third kappa shape index (κ3) is 2.24. The Balaban J connectivity index is 1.75. The van der Waals surface area contributed by atoms with Gasteiger partial charge in [0.15, 0.2) is 0 Å². The number of nitrogens with zero attached hydrogens (tertiary/aromatic N) is 1. The lowest BCUT2D eigenvalue weighted by atomic mass is 9.94. The van der Waals surface area contributed by atoms with Gasteiger partial charge in [0.25, 0.3) is 0 Å². The summed E-state index contributed by atoms with van der Waals surface area (Å²) in [5.41, 5.74) is 0.693. The first kappa shape index (κ1) is 13.0. The number of rotatable bonds is 2. The van der Waals surface area contributed by atoms with E-state index in [0.29, 0.717) is 18.2 Å². The minimum Gasteiger partial charge on any atom is -0.480 e. The molecule has 0 spiro atoms. The Morgan fingerprint density at radius 3 is 2.65 bits per heavy atom. The molecule has 3 atom stereocenters. The van der Waals surface area contributed by atoms with E-state index in [1.54, 1.807) is 12.1 Å². The number of hydrogen-bond acceptors (Lipinski definition) is 2. The van der Waals surface area contributed by atoms with Crippen LogP contribution in [0.2, 0.25) is 0 Å². The zero-order chi connectivity index (χ0) is 14.1. The highest BCUT2D eigenvalue weighted by atomic mass is 16.4. The number of anilines is 1. The summed E-state index contributed by atoms with van der Waals surface area (Å²) in [6, 6.07) is 8.15. The number of fused-ring (bicyclic) bond motifs is 1. The number of nitrogens with one attached hydrogen (secondary N) is 1. The smallest absolute Gasteiger partial charge is 0.326 e. The van der Waals surface area contributed by atoms with Crippen LogP contribution in [0.5, 0.6) is 0 Å². The summed E-state index contributed by atoms with van der Waals surface area (Å²) in [6.07, 6.45) is 3.02. The van der Waals surface area contributed by atoms with Crippen molar-refractivity contribution < 1.29 is 14.7 Å². The Hall–Kier alpha value is -2.04. The number of benzene rings is 1. The molecule has 1 aromatic carbocycles. The quantitative estimate of drug-likeness (QED) is 0.870. The second-order valence-electron chi connectivity index (χ2n) is 5.59. The lowest BCUT2D eigenvalue weighted by Gasteiger charge is -2.24. The van der Waals surface area contributed by atoms with Crippen LogP contribution < -0.4 is 5.32 Å². The van der Waals surface area contributed by atoms with Gasteiger partial charge in [-0.25, -0.2) is 9.59 Å². The van der Waals surface area contributed by atoms with Gasteiger partial charge in [0.1, 0.15) is 6.04 Å². The summed E-state index contributed by atoms with van der Waals surface area (Å²) in [4.78, 5) is 25.3. The van der Waals surface area contributed by atoms with Crippen molar-refractivity contribution in [1.82, 2.24) is 4.90 Å². The van der Waals surface area contributed by atoms with Crippen molar-refractivity contribution in [2.45, 2.75) is 25.3 Å². The molecule has 20 heavy (non-hydrogen) atoms. The molecule has 1 saturated heterocycles. The first-order chi connectivity index (χ1) is 9.66. The van der Waals surface area contributed by atoms with Crippen LogP contribution in [0.25, 0.3) is 0 Å². The number of likely N-dealkylation sites (tertiary alicyclic amines) is 1. The zero-order valence-corrected chi connectivity index (χ0v) is 11.2. The highest BCUT2D eigenvalue weighted by Gasteiger charge is 2.49. The molecule has 2 amide bonds. The Morgan fingerprint density at radius 2 is 1.95 bits per heavy atom.